The Morgan fingerprint density at radius 1 is 1.27 bits per heavy atom. The van der Waals surface area contributed by atoms with E-state index in [4.69, 9.17) is 0 Å². The van der Waals surface area contributed by atoms with E-state index in [1.807, 2.05) is 30.3 Å². The fourth-order valence-corrected chi connectivity index (χ4v) is 3.45. The van der Waals surface area contributed by atoms with Gasteiger partial charge in [-0.3, -0.25) is 9.20 Å². The number of rotatable bonds is 3. The van der Waals surface area contributed by atoms with Gasteiger partial charge < -0.3 is 15.7 Å². The van der Waals surface area contributed by atoms with E-state index in [1.54, 1.807) is 29.1 Å². The maximum absolute atomic E-state index is 13.0. The predicted molar refractivity (Wildman–Crippen MR) is 99.3 cm³/mol. The Bertz CT molecular complexity index is 901. The van der Waals surface area contributed by atoms with Crippen LogP contribution in [0.1, 0.15) is 22.3 Å². The molecular weight excluding hydrogens is 354 g/mol. The maximum Gasteiger partial charge on any atom is 0.255 e. The van der Waals surface area contributed by atoms with Gasteiger partial charge in [-0.15, -0.1) is 22.6 Å². The number of aliphatic hydroxyl groups is 1. The highest BCUT2D eigenvalue weighted by Gasteiger charge is 2.43. The summed E-state index contributed by atoms with van der Waals surface area (Å²) in [6, 6.07) is 13.1. The third kappa shape index (κ3) is 3.05. The first kappa shape index (κ1) is 18.3. The molecule has 1 aliphatic heterocycles. The minimum absolute atomic E-state index is 0. The topological polar surface area (TPSA) is 91.5 Å². The van der Waals surface area contributed by atoms with Crippen LogP contribution in [0.4, 0.5) is 0 Å². The Hall–Kier alpha value is -2.48. The zero-order chi connectivity index (χ0) is 17.3. The second kappa shape index (κ2) is 7.41. The lowest BCUT2D eigenvalue weighted by Crippen LogP contribution is -2.61. The van der Waals surface area contributed by atoms with Crippen molar-refractivity contribution in [1.82, 2.24) is 25.2 Å². The van der Waals surface area contributed by atoms with Crippen LogP contribution in [0.25, 0.3) is 5.65 Å². The molecule has 1 aliphatic rings. The van der Waals surface area contributed by atoms with Gasteiger partial charge in [-0.2, -0.15) is 0 Å². The molecule has 0 saturated carbocycles. The number of benzene rings is 1. The molecule has 0 bridgehead atoms. The summed E-state index contributed by atoms with van der Waals surface area (Å²) in [5, 5.41) is 24.9. The van der Waals surface area contributed by atoms with Crippen molar-refractivity contribution in [3.05, 3.63) is 66.1 Å². The summed E-state index contributed by atoms with van der Waals surface area (Å²) in [5.74, 6) is -0.275. The number of nitrogens with one attached hydrogen (secondary N) is 2. The molecule has 2 aromatic heterocycles. The van der Waals surface area contributed by atoms with Crippen molar-refractivity contribution in [3.63, 3.8) is 0 Å². The van der Waals surface area contributed by atoms with Crippen LogP contribution < -0.4 is 10.6 Å². The van der Waals surface area contributed by atoms with Crippen molar-refractivity contribution < 1.29 is 9.90 Å². The molecule has 1 aromatic carbocycles. The molecule has 26 heavy (non-hydrogen) atoms. The molecule has 0 aliphatic carbocycles. The van der Waals surface area contributed by atoms with Crippen molar-refractivity contribution in [2.24, 2.45) is 0 Å². The minimum Gasteiger partial charge on any atom is -0.389 e. The zero-order valence-corrected chi connectivity index (χ0v) is 14.8. The average Bonchev–Trinajstić information content (AvgIpc) is 3.13. The number of piperidine rings is 1. The molecule has 2 atom stereocenters. The molecule has 1 amide bonds. The number of carbonyl (C=O) groups is 1. The van der Waals surface area contributed by atoms with E-state index in [9.17, 15) is 9.90 Å². The fourth-order valence-electron chi connectivity index (χ4n) is 3.45. The van der Waals surface area contributed by atoms with Crippen LogP contribution in [0, 0.1) is 0 Å². The molecule has 4 rings (SSSR count). The molecule has 3 N–H and O–H groups in total. The summed E-state index contributed by atoms with van der Waals surface area (Å²) in [5.41, 5.74) is 0.981. The quantitative estimate of drug-likeness (QED) is 0.640. The van der Waals surface area contributed by atoms with E-state index < -0.39 is 11.6 Å². The Morgan fingerprint density at radius 3 is 2.85 bits per heavy atom. The van der Waals surface area contributed by atoms with Gasteiger partial charge in [-0.05, 0) is 30.7 Å². The van der Waals surface area contributed by atoms with Gasteiger partial charge in [0.05, 0.1) is 17.2 Å². The fraction of sp³-hybridized carbons (Fsp3) is 0.278. The SMILES string of the molecule is Cl.O=C(N[C@]1(c2ccccc2)CCNC[C@H]1O)c1cccn2cnnc12. The van der Waals surface area contributed by atoms with Gasteiger partial charge in [-0.25, -0.2) is 0 Å². The molecule has 0 spiro atoms. The van der Waals surface area contributed by atoms with Crippen LogP contribution in [0.2, 0.25) is 0 Å². The highest BCUT2D eigenvalue weighted by molar-refractivity contribution is 6.00. The lowest BCUT2D eigenvalue weighted by atomic mass is 9.79. The number of hydrogen-bond acceptors (Lipinski definition) is 5. The molecule has 136 valence electrons. The summed E-state index contributed by atoms with van der Waals surface area (Å²) in [7, 11) is 0. The highest BCUT2D eigenvalue weighted by atomic mass is 35.5. The van der Waals surface area contributed by atoms with E-state index in [0.717, 1.165) is 5.56 Å². The van der Waals surface area contributed by atoms with Crippen molar-refractivity contribution in [2.45, 2.75) is 18.1 Å². The van der Waals surface area contributed by atoms with Crippen LogP contribution in [-0.2, 0) is 5.54 Å². The van der Waals surface area contributed by atoms with Gasteiger partial charge >= 0.3 is 0 Å². The van der Waals surface area contributed by atoms with Gasteiger partial charge in [0, 0.05) is 12.7 Å². The smallest absolute Gasteiger partial charge is 0.255 e. The summed E-state index contributed by atoms with van der Waals surface area (Å²) < 4.78 is 1.70. The first-order valence-electron chi connectivity index (χ1n) is 8.26. The van der Waals surface area contributed by atoms with Crippen molar-refractivity contribution >= 4 is 24.0 Å². The first-order valence-corrected chi connectivity index (χ1v) is 8.26. The molecule has 1 saturated heterocycles. The normalized spacial score (nSPS) is 22.6. The molecule has 7 nitrogen and oxygen atoms in total. The highest BCUT2D eigenvalue weighted by Crippen LogP contribution is 2.31. The van der Waals surface area contributed by atoms with Crippen LogP contribution in [0.3, 0.4) is 0 Å². The Balaban J connectivity index is 0.00000196. The maximum atomic E-state index is 13.0. The van der Waals surface area contributed by atoms with E-state index in [-0.39, 0.29) is 18.3 Å². The lowest BCUT2D eigenvalue weighted by molar-refractivity contribution is 0.0290. The molecule has 8 heteroatoms. The average molecular weight is 374 g/mol. The van der Waals surface area contributed by atoms with Gasteiger partial charge in [0.2, 0.25) is 0 Å². The monoisotopic (exact) mass is 373 g/mol. The number of halogens is 1. The van der Waals surface area contributed by atoms with Crippen molar-refractivity contribution in [2.75, 3.05) is 13.1 Å². The summed E-state index contributed by atoms with van der Waals surface area (Å²) >= 11 is 0. The second-order valence-corrected chi connectivity index (χ2v) is 6.25. The summed E-state index contributed by atoms with van der Waals surface area (Å²) in [6.07, 6.45) is 3.21. The molecule has 3 aromatic rings. The number of hydrogen-bond donors (Lipinski definition) is 3. The van der Waals surface area contributed by atoms with E-state index >= 15 is 0 Å². The number of pyridine rings is 1. The third-order valence-electron chi connectivity index (χ3n) is 4.80. The molecule has 0 unspecified atom stereocenters. The number of amides is 1. The van der Waals surface area contributed by atoms with E-state index in [1.165, 1.54) is 0 Å². The second-order valence-electron chi connectivity index (χ2n) is 6.25. The minimum atomic E-state index is -0.837. The largest absolute Gasteiger partial charge is 0.389 e. The van der Waals surface area contributed by atoms with E-state index in [0.29, 0.717) is 30.7 Å². The number of carbonyl (C=O) groups excluding carboxylic acids is 1. The van der Waals surface area contributed by atoms with Crippen LogP contribution in [0.15, 0.2) is 55.0 Å². The number of β-amino-alcohol motifs (C(OH)–C–C–N with tert-alkyl or cyclic N) is 1. The van der Waals surface area contributed by atoms with Crippen molar-refractivity contribution in [3.8, 4) is 0 Å². The molecule has 3 heterocycles. The summed E-state index contributed by atoms with van der Waals surface area (Å²) in [4.78, 5) is 13.0. The molecule has 0 radical (unpaired) electrons. The van der Waals surface area contributed by atoms with Gasteiger partial charge in [0.25, 0.3) is 5.91 Å². The zero-order valence-electron chi connectivity index (χ0n) is 14.0. The number of nitrogens with zero attached hydrogens (tertiary/aromatic N) is 3. The summed E-state index contributed by atoms with van der Waals surface area (Å²) in [6.45, 7) is 1.13. The predicted octanol–water partition coefficient (Wildman–Crippen LogP) is 1.13. The number of aromatic nitrogens is 3. The van der Waals surface area contributed by atoms with Crippen LogP contribution >= 0.6 is 12.4 Å². The Kier molecular flexibility index (Phi) is 5.22. The Morgan fingerprint density at radius 2 is 2.08 bits per heavy atom. The Labute approximate surface area is 156 Å². The van der Waals surface area contributed by atoms with Gasteiger partial charge in [-0.1, -0.05) is 30.3 Å². The van der Waals surface area contributed by atoms with Crippen molar-refractivity contribution in [1.29, 1.82) is 0 Å². The van der Waals surface area contributed by atoms with E-state index in [2.05, 4.69) is 20.8 Å². The van der Waals surface area contributed by atoms with Gasteiger partial charge in [0.15, 0.2) is 5.65 Å². The standard InChI is InChI=1S/C18H19N5O2.ClH/c24-15-11-19-9-8-18(15,13-5-2-1-3-6-13)21-17(25)14-7-4-10-23-12-20-22-16(14)23;/h1-7,10,12,15,19,24H,8-9,11H2,(H,21,25);1H/t15-,18+;/m1./s1. The number of fused-ring (bicyclic) bond motifs is 1. The van der Waals surface area contributed by atoms with Crippen LogP contribution in [-0.4, -0.2) is 44.8 Å². The van der Waals surface area contributed by atoms with Crippen LogP contribution in [0.5, 0.6) is 0 Å². The number of aliphatic hydroxyl groups excluding tert-OH is 1. The molecular formula is C18H20ClN5O2. The third-order valence-corrected chi connectivity index (χ3v) is 4.80. The van der Waals surface area contributed by atoms with Gasteiger partial charge in [0.1, 0.15) is 6.33 Å². The molecule has 1 fully saturated rings. The lowest BCUT2D eigenvalue weighted by Gasteiger charge is -2.43. The first-order chi connectivity index (χ1) is 12.2.